The van der Waals surface area contributed by atoms with E-state index in [4.69, 9.17) is 9.47 Å². The van der Waals surface area contributed by atoms with E-state index in [-0.39, 0.29) is 68.0 Å². The summed E-state index contributed by atoms with van der Waals surface area (Å²) in [6, 6.07) is -10.8. The second-order valence-electron chi connectivity index (χ2n) is 29.2. The van der Waals surface area contributed by atoms with Gasteiger partial charge in [-0.15, -0.1) is 0 Å². The van der Waals surface area contributed by atoms with Crippen molar-refractivity contribution in [1.29, 1.82) is 0 Å². The lowest BCUT2D eigenvalue weighted by molar-refractivity contribution is -0.158. The van der Waals surface area contributed by atoms with Gasteiger partial charge in [0.25, 0.3) is 0 Å². The Morgan fingerprint density at radius 3 is 1.60 bits per heavy atom. The fourth-order valence-electron chi connectivity index (χ4n) is 12.4. The maximum atomic E-state index is 15.0. The van der Waals surface area contributed by atoms with Crippen molar-refractivity contribution in [2.24, 2.45) is 41.4 Å². The summed E-state index contributed by atoms with van der Waals surface area (Å²) in [4.78, 5) is 167. The van der Waals surface area contributed by atoms with E-state index in [0.29, 0.717) is 26.2 Å². The van der Waals surface area contributed by atoms with Crippen LogP contribution in [0, 0.1) is 41.4 Å². The SMILES string of the molecule is C/C=C/C[C@@H](C)[C@@H](O)[C@@H](C(=O)N[C@@H](CC)C(=O)O)N(C)C(=O)[C@H](C(C)C)N(C)C(=O)[C@H](CC(C)C)N(C)C(=O)[C@H](CC(C)(C)O)N(C)C(=O)[C@@H](C)NC(=O)[C@H](C)CC(=O)[C@H](CC(C)C)N(C)C(=O)[C@@H](CC(=O)[C@H]([C@@H](C)OCCCCN1CCOCC1)N(C)C(=O)[C@@H](C)NC)C(C)C. The Bertz CT molecular complexity index is 2590. The van der Waals surface area contributed by atoms with Crippen LogP contribution >= 0.6 is 0 Å². The molecule has 0 unspecified atom stereocenters. The molecule has 0 aromatic carbocycles. The van der Waals surface area contributed by atoms with E-state index in [2.05, 4.69) is 20.9 Å². The van der Waals surface area contributed by atoms with Gasteiger partial charge in [-0.3, -0.25) is 52.8 Å². The van der Waals surface area contributed by atoms with E-state index in [0.717, 1.165) is 42.3 Å². The Labute approximate surface area is 580 Å². The number of aliphatic hydroxyl groups excluding tert-OH is 1. The molecular formula is C71H128N10O16. The van der Waals surface area contributed by atoms with Gasteiger partial charge in [-0.2, -0.15) is 0 Å². The third-order valence-electron chi connectivity index (χ3n) is 18.7. The molecule has 0 radical (unpaired) electrons. The number of ether oxygens (including phenoxy) is 2. The number of hydrogen-bond acceptors (Lipinski definition) is 17. The van der Waals surface area contributed by atoms with Crippen LogP contribution in [-0.2, 0) is 62.2 Å². The second-order valence-corrected chi connectivity index (χ2v) is 29.2. The lowest BCUT2D eigenvalue weighted by atomic mass is 9.85. The number of carbonyl (C=O) groups is 11. The molecule has 0 aromatic heterocycles. The quantitative estimate of drug-likeness (QED) is 0.0367. The summed E-state index contributed by atoms with van der Waals surface area (Å²) in [5.41, 5.74) is -1.57. The van der Waals surface area contributed by atoms with Crippen molar-refractivity contribution in [3.05, 3.63) is 12.2 Å². The maximum absolute atomic E-state index is 15.0. The van der Waals surface area contributed by atoms with Crippen LogP contribution < -0.4 is 16.0 Å². The van der Waals surface area contributed by atoms with Crippen LogP contribution in [0.25, 0.3) is 0 Å². The number of carbonyl (C=O) groups excluding carboxylic acids is 10. The van der Waals surface area contributed by atoms with Gasteiger partial charge in [0.1, 0.15) is 42.3 Å². The van der Waals surface area contributed by atoms with Crippen LogP contribution in [0.2, 0.25) is 0 Å². The van der Waals surface area contributed by atoms with Crippen molar-refractivity contribution >= 4 is 64.8 Å². The molecule has 14 atom stereocenters. The monoisotopic (exact) mass is 1380 g/mol. The fraction of sp³-hybridized carbons (Fsp3) is 0.817. The summed E-state index contributed by atoms with van der Waals surface area (Å²) in [6.45, 7) is 33.1. The second kappa shape index (κ2) is 42.2. The van der Waals surface area contributed by atoms with Crippen LogP contribution in [0.1, 0.15) is 175 Å². The smallest absolute Gasteiger partial charge is 0.326 e. The Hall–Kier alpha value is -5.93. The normalized spacial score (nSPS) is 17.5. The van der Waals surface area contributed by atoms with Crippen molar-refractivity contribution in [3.63, 3.8) is 0 Å². The topological polar surface area (TPSA) is 326 Å². The minimum atomic E-state index is -1.58. The summed E-state index contributed by atoms with van der Waals surface area (Å²) in [5, 5.41) is 40.9. The first-order valence-corrected chi connectivity index (χ1v) is 35.0. The van der Waals surface area contributed by atoms with Gasteiger partial charge in [0.15, 0.2) is 11.6 Å². The predicted molar refractivity (Wildman–Crippen MR) is 373 cm³/mol. The number of hydrogen-bond donors (Lipinski definition) is 6. The number of likely N-dealkylation sites (N-methyl/N-ethyl adjacent to an activating group) is 7. The molecule has 0 bridgehead atoms. The number of rotatable bonds is 44. The number of nitrogens with zero attached hydrogens (tertiary/aromatic N) is 7. The van der Waals surface area contributed by atoms with Crippen molar-refractivity contribution in [1.82, 2.24) is 50.2 Å². The van der Waals surface area contributed by atoms with Crippen LogP contribution in [0.15, 0.2) is 12.2 Å². The van der Waals surface area contributed by atoms with E-state index in [9.17, 15) is 58.5 Å². The van der Waals surface area contributed by atoms with E-state index < -0.39 is 149 Å². The maximum Gasteiger partial charge on any atom is 0.326 e. The Kier molecular flexibility index (Phi) is 38.8. The lowest BCUT2D eigenvalue weighted by Crippen LogP contribution is -2.63. The van der Waals surface area contributed by atoms with E-state index >= 15 is 9.59 Å². The molecular weight excluding hydrogens is 1250 g/mol. The molecule has 6 N–H and O–H groups in total. The van der Waals surface area contributed by atoms with Crippen molar-refractivity contribution in [2.45, 2.75) is 248 Å². The molecule has 1 aliphatic heterocycles. The van der Waals surface area contributed by atoms with Crippen LogP contribution in [0.5, 0.6) is 0 Å². The van der Waals surface area contributed by atoms with Gasteiger partial charge in [0.05, 0.1) is 43.1 Å². The first-order chi connectivity index (χ1) is 44.9. The molecule has 1 rings (SSSR count). The highest BCUT2D eigenvalue weighted by atomic mass is 16.5. The Morgan fingerprint density at radius 1 is 0.598 bits per heavy atom. The van der Waals surface area contributed by atoms with Gasteiger partial charge >= 0.3 is 5.97 Å². The van der Waals surface area contributed by atoms with E-state index in [1.807, 2.05) is 41.5 Å². The summed E-state index contributed by atoms with van der Waals surface area (Å²) >= 11 is 0. The number of carboxylic acid groups (broad SMARTS) is 1. The summed E-state index contributed by atoms with van der Waals surface area (Å²) in [7, 11) is 10.1. The van der Waals surface area contributed by atoms with Gasteiger partial charge in [-0.05, 0) is 123 Å². The number of aliphatic carboxylic acids is 1. The number of amides is 8. The number of aliphatic hydroxyl groups is 2. The van der Waals surface area contributed by atoms with Crippen LogP contribution in [-0.4, -0.2) is 275 Å². The third kappa shape index (κ3) is 27.6. The molecule has 8 amide bonds. The molecule has 1 saturated heterocycles. The van der Waals surface area contributed by atoms with Crippen molar-refractivity contribution in [2.75, 3.05) is 88.8 Å². The largest absolute Gasteiger partial charge is 0.480 e. The first kappa shape index (κ1) is 89.1. The molecule has 0 aliphatic carbocycles. The Morgan fingerprint density at radius 2 is 1.10 bits per heavy atom. The number of nitrogens with one attached hydrogen (secondary N) is 3. The Balaban J connectivity index is 3.56. The van der Waals surface area contributed by atoms with Gasteiger partial charge in [0, 0.05) is 93.1 Å². The number of morpholine rings is 1. The molecule has 26 heteroatoms. The zero-order valence-corrected chi connectivity index (χ0v) is 63.4. The number of ketones is 2. The average Bonchev–Trinajstić information content (AvgIpc) is 0.807. The van der Waals surface area contributed by atoms with E-state index in [1.165, 1.54) is 82.5 Å². The number of allylic oxidation sites excluding steroid dienone is 2. The summed E-state index contributed by atoms with van der Waals surface area (Å²) in [6.07, 6.45) is 2.68. The molecule has 0 spiro atoms. The van der Waals surface area contributed by atoms with Gasteiger partial charge in [0.2, 0.25) is 47.3 Å². The molecule has 26 nitrogen and oxygen atoms in total. The summed E-state index contributed by atoms with van der Waals surface area (Å²) < 4.78 is 11.7. The molecule has 1 heterocycles. The summed E-state index contributed by atoms with van der Waals surface area (Å²) in [5.74, 6) is -11.2. The number of unbranched alkanes of at least 4 members (excludes halogenated alkanes) is 1. The number of Topliss-reactive ketones (excluding diaryl/α,β-unsaturated/α-hetero) is 2. The predicted octanol–water partition coefficient (Wildman–Crippen LogP) is 4.26. The highest BCUT2D eigenvalue weighted by Crippen LogP contribution is 2.29. The molecule has 0 saturated carbocycles. The molecule has 1 fully saturated rings. The third-order valence-corrected chi connectivity index (χ3v) is 18.7. The first-order valence-electron chi connectivity index (χ1n) is 35.0. The molecule has 0 aromatic rings. The molecule has 97 heavy (non-hydrogen) atoms. The minimum absolute atomic E-state index is 0.0146. The van der Waals surface area contributed by atoms with Gasteiger partial charge in [-0.1, -0.05) is 88.3 Å². The highest BCUT2D eigenvalue weighted by molar-refractivity contribution is 5.99. The van der Waals surface area contributed by atoms with Gasteiger partial charge < -0.3 is 70.1 Å². The fourth-order valence-corrected chi connectivity index (χ4v) is 12.4. The molecule has 1 aliphatic rings. The van der Waals surface area contributed by atoms with Crippen LogP contribution in [0.3, 0.4) is 0 Å². The highest BCUT2D eigenvalue weighted by Gasteiger charge is 2.46. The average molecular weight is 1380 g/mol. The standard InChI is InChI=1S/C71H128N10O16/c1-25-27-30-46(11)61(84)60(63(86)74-52(26-2)70(93)94)80(24)69(92)58(45(9)10)78(22)67(90)54(38-43(5)6)76(20)68(91)55(41-71(16,17)95)77(21)65(88)49(14)73-62(85)47(12)39-56(82)53(37-42(3)4)75(19)66(89)51(44(7)8)40-57(83)59(79(23)64(87)48(13)72-18)50(15)97-34-29-28-31-81-32-35-96-36-33-81/h25,27,42-55,58-61,72,84,95H,26,28-41H2,1-24H3,(H,73,85)(H,74,86)(H,93,94)/b27-25+/t46-,47-,48-,49-,50-,51+,52+,53+,54+,55+,58+,59+,60+,61-/m1/s1. The van der Waals surface area contributed by atoms with E-state index in [1.54, 1.807) is 74.7 Å². The molecule has 558 valence electrons. The minimum Gasteiger partial charge on any atom is -0.480 e. The van der Waals surface area contributed by atoms with Crippen LogP contribution in [0.4, 0.5) is 0 Å². The number of carboxylic acids is 1. The lowest BCUT2D eigenvalue weighted by Gasteiger charge is -2.42. The zero-order chi connectivity index (χ0) is 74.8. The van der Waals surface area contributed by atoms with Crippen molar-refractivity contribution in [3.8, 4) is 0 Å². The van der Waals surface area contributed by atoms with Crippen molar-refractivity contribution < 1.29 is 77.5 Å². The van der Waals surface area contributed by atoms with Gasteiger partial charge in [-0.25, -0.2) is 4.79 Å². The zero-order valence-electron chi connectivity index (χ0n) is 63.4.